The normalized spacial score (nSPS) is 17.9. The number of carbonyl (C=O) groups is 1. The fourth-order valence-corrected chi connectivity index (χ4v) is 2.85. The Morgan fingerprint density at radius 3 is 2.64 bits per heavy atom. The number of hydrogen-bond donors (Lipinski definition) is 0. The first-order chi connectivity index (χ1) is 12.2. The molecule has 25 heavy (non-hydrogen) atoms. The molecule has 5 heteroatoms. The van der Waals surface area contributed by atoms with Crippen molar-refractivity contribution in [2.45, 2.75) is 12.6 Å². The first kappa shape index (κ1) is 17.5. The molecule has 1 aliphatic rings. The van der Waals surface area contributed by atoms with Crippen LogP contribution in [0.1, 0.15) is 15.9 Å². The lowest BCUT2D eigenvalue weighted by Crippen LogP contribution is -2.44. The predicted octanol–water partition coefficient (Wildman–Crippen LogP) is 2.75. The second-order valence-electron chi connectivity index (χ2n) is 6.04. The monoisotopic (exact) mass is 341 g/mol. The molecule has 0 aliphatic carbocycles. The van der Waals surface area contributed by atoms with Crippen molar-refractivity contribution in [2.24, 2.45) is 0 Å². The van der Waals surface area contributed by atoms with Gasteiger partial charge in [0.05, 0.1) is 19.3 Å². The Hall–Kier alpha value is -2.37. The summed E-state index contributed by atoms with van der Waals surface area (Å²) in [5.41, 5.74) is 1.79. The Balaban J connectivity index is 1.48. The van der Waals surface area contributed by atoms with Crippen molar-refractivity contribution < 1.29 is 19.0 Å². The molecule has 0 amide bonds. The Bertz CT molecular complexity index is 672. The Morgan fingerprint density at radius 2 is 1.92 bits per heavy atom. The molecular weight excluding hydrogens is 318 g/mol. The zero-order valence-electron chi connectivity index (χ0n) is 14.4. The molecule has 0 spiro atoms. The molecule has 0 radical (unpaired) electrons. The van der Waals surface area contributed by atoms with E-state index < -0.39 is 0 Å². The summed E-state index contributed by atoms with van der Waals surface area (Å²) in [5.74, 6) is 0.371. The number of nitrogens with zero attached hydrogens (tertiary/aromatic N) is 1. The maximum absolute atomic E-state index is 12.1. The minimum absolute atomic E-state index is 0.0975. The number of esters is 1. The number of morpholine rings is 1. The highest BCUT2D eigenvalue weighted by Gasteiger charge is 2.22. The third kappa shape index (κ3) is 5.05. The summed E-state index contributed by atoms with van der Waals surface area (Å²) in [6.45, 7) is 3.43. The van der Waals surface area contributed by atoms with Gasteiger partial charge in [-0.05, 0) is 29.8 Å². The Morgan fingerprint density at radius 1 is 1.16 bits per heavy atom. The smallest absolute Gasteiger partial charge is 0.338 e. The van der Waals surface area contributed by atoms with Gasteiger partial charge in [0.1, 0.15) is 18.5 Å². The predicted molar refractivity (Wildman–Crippen MR) is 94.7 cm³/mol. The minimum Gasteiger partial charge on any atom is -0.497 e. The molecule has 5 nitrogen and oxygen atoms in total. The number of hydrogen-bond acceptors (Lipinski definition) is 5. The summed E-state index contributed by atoms with van der Waals surface area (Å²) in [6.07, 6.45) is -0.0975. The summed E-state index contributed by atoms with van der Waals surface area (Å²) in [5, 5.41) is 0. The summed E-state index contributed by atoms with van der Waals surface area (Å²) >= 11 is 0. The van der Waals surface area contributed by atoms with Crippen LogP contribution in [-0.2, 0) is 16.0 Å². The average molecular weight is 341 g/mol. The third-order valence-corrected chi connectivity index (χ3v) is 4.20. The van der Waals surface area contributed by atoms with Crippen molar-refractivity contribution in [3.8, 4) is 5.75 Å². The van der Waals surface area contributed by atoms with E-state index in [9.17, 15) is 4.79 Å². The molecule has 1 fully saturated rings. The van der Waals surface area contributed by atoms with Gasteiger partial charge in [-0.2, -0.15) is 0 Å². The summed E-state index contributed by atoms with van der Waals surface area (Å²) in [4.78, 5) is 14.5. The van der Waals surface area contributed by atoms with Crippen molar-refractivity contribution in [3.63, 3.8) is 0 Å². The zero-order valence-corrected chi connectivity index (χ0v) is 14.4. The highest BCUT2D eigenvalue weighted by molar-refractivity contribution is 5.89. The van der Waals surface area contributed by atoms with E-state index in [1.165, 1.54) is 5.56 Å². The SMILES string of the molecule is COc1ccc(C(=O)OCC2CN(Cc3ccccc3)CCO2)cc1. The minimum atomic E-state index is -0.341. The van der Waals surface area contributed by atoms with Crippen LogP contribution in [-0.4, -0.2) is 50.4 Å². The lowest BCUT2D eigenvalue weighted by atomic mass is 10.2. The number of carbonyl (C=O) groups excluding carboxylic acids is 1. The van der Waals surface area contributed by atoms with Crippen LogP contribution in [0.3, 0.4) is 0 Å². The van der Waals surface area contributed by atoms with Crippen molar-refractivity contribution in [2.75, 3.05) is 33.4 Å². The van der Waals surface area contributed by atoms with E-state index in [-0.39, 0.29) is 18.7 Å². The molecule has 1 heterocycles. The molecular formula is C20H23NO4. The van der Waals surface area contributed by atoms with Crippen molar-refractivity contribution in [1.29, 1.82) is 0 Å². The molecule has 1 atom stereocenters. The van der Waals surface area contributed by atoms with E-state index in [1.807, 2.05) is 18.2 Å². The fraction of sp³-hybridized carbons (Fsp3) is 0.350. The molecule has 1 unspecified atom stereocenters. The first-order valence-electron chi connectivity index (χ1n) is 8.43. The van der Waals surface area contributed by atoms with Gasteiger partial charge in [0.15, 0.2) is 0 Å². The second-order valence-corrected chi connectivity index (χ2v) is 6.04. The molecule has 3 rings (SSSR count). The van der Waals surface area contributed by atoms with E-state index in [2.05, 4.69) is 17.0 Å². The molecule has 0 saturated carbocycles. The Labute approximate surface area is 148 Å². The molecule has 0 aromatic heterocycles. The molecule has 0 bridgehead atoms. The molecule has 2 aromatic rings. The van der Waals surface area contributed by atoms with E-state index >= 15 is 0 Å². The van der Waals surface area contributed by atoms with Gasteiger partial charge in [-0.3, -0.25) is 4.90 Å². The molecule has 2 aromatic carbocycles. The number of methoxy groups -OCH3 is 1. The highest BCUT2D eigenvalue weighted by atomic mass is 16.6. The van der Waals surface area contributed by atoms with Gasteiger partial charge in [-0.25, -0.2) is 4.79 Å². The number of benzene rings is 2. The molecule has 0 N–H and O–H groups in total. The van der Waals surface area contributed by atoms with Crippen LogP contribution in [0.25, 0.3) is 0 Å². The van der Waals surface area contributed by atoms with Crippen molar-refractivity contribution in [3.05, 3.63) is 65.7 Å². The standard InChI is InChI=1S/C20H23NO4/c1-23-18-9-7-17(8-10-18)20(22)25-15-19-14-21(11-12-24-19)13-16-5-3-2-4-6-16/h2-10,19H,11-15H2,1H3. The van der Waals surface area contributed by atoms with Crippen LogP contribution in [0, 0.1) is 0 Å². The Kier molecular flexibility index (Phi) is 6.04. The van der Waals surface area contributed by atoms with Crippen LogP contribution < -0.4 is 4.74 Å². The van der Waals surface area contributed by atoms with Gasteiger partial charge in [0, 0.05) is 19.6 Å². The quantitative estimate of drug-likeness (QED) is 0.756. The van der Waals surface area contributed by atoms with Crippen LogP contribution in [0.5, 0.6) is 5.75 Å². The summed E-state index contributed by atoms with van der Waals surface area (Å²) < 4.78 is 16.2. The maximum atomic E-state index is 12.1. The van der Waals surface area contributed by atoms with Gasteiger partial charge < -0.3 is 14.2 Å². The topological polar surface area (TPSA) is 48.0 Å². The third-order valence-electron chi connectivity index (χ3n) is 4.20. The van der Waals surface area contributed by atoms with Crippen LogP contribution in [0.4, 0.5) is 0 Å². The highest BCUT2D eigenvalue weighted by Crippen LogP contribution is 2.14. The molecule has 1 saturated heterocycles. The van der Waals surface area contributed by atoms with E-state index in [0.29, 0.717) is 17.9 Å². The van der Waals surface area contributed by atoms with Gasteiger partial charge in [-0.15, -0.1) is 0 Å². The number of rotatable bonds is 6. The van der Waals surface area contributed by atoms with Crippen LogP contribution >= 0.6 is 0 Å². The summed E-state index contributed by atoms with van der Waals surface area (Å²) in [6, 6.07) is 17.2. The zero-order chi connectivity index (χ0) is 17.5. The molecule has 132 valence electrons. The lowest BCUT2D eigenvalue weighted by Gasteiger charge is -2.32. The first-order valence-corrected chi connectivity index (χ1v) is 8.43. The van der Waals surface area contributed by atoms with Gasteiger partial charge in [-0.1, -0.05) is 30.3 Å². The largest absolute Gasteiger partial charge is 0.497 e. The van der Waals surface area contributed by atoms with Gasteiger partial charge >= 0.3 is 5.97 Å². The fourth-order valence-electron chi connectivity index (χ4n) is 2.85. The van der Waals surface area contributed by atoms with E-state index in [0.717, 1.165) is 19.6 Å². The maximum Gasteiger partial charge on any atom is 0.338 e. The van der Waals surface area contributed by atoms with Crippen LogP contribution in [0.2, 0.25) is 0 Å². The average Bonchev–Trinajstić information content (AvgIpc) is 2.67. The van der Waals surface area contributed by atoms with Gasteiger partial charge in [0.25, 0.3) is 0 Å². The molecule has 1 aliphatic heterocycles. The lowest BCUT2D eigenvalue weighted by molar-refractivity contribution is -0.0612. The van der Waals surface area contributed by atoms with Crippen molar-refractivity contribution in [1.82, 2.24) is 4.90 Å². The van der Waals surface area contributed by atoms with Crippen molar-refractivity contribution >= 4 is 5.97 Å². The van der Waals surface area contributed by atoms with E-state index in [4.69, 9.17) is 14.2 Å². The van der Waals surface area contributed by atoms with Crippen LogP contribution in [0.15, 0.2) is 54.6 Å². The van der Waals surface area contributed by atoms with E-state index in [1.54, 1.807) is 31.4 Å². The second kappa shape index (κ2) is 8.65. The number of ether oxygens (including phenoxy) is 3. The van der Waals surface area contributed by atoms with Gasteiger partial charge in [0.2, 0.25) is 0 Å². The summed E-state index contributed by atoms with van der Waals surface area (Å²) in [7, 11) is 1.59.